The van der Waals surface area contributed by atoms with Crippen LogP contribution in [-0.2, 0) is 6.54 Å². The number of benzene rings is 1. The van der Waals surface area contributed by atoms with Crippen molar-refractivity contribution in [1.29, 1.82) is 0 Å². The van der Waals surface area contributed by atoms with Crippen LogP contribution < -0.4 is 10.6 Å². The average Bonchev–Trinajstić information content (AvgIpc) is 2.72. The minimum absolute atomic E-state index is 0.273. The fourth-order valence-electron chi connectivity index (χ4n) is 3.16. The first kappa shape index (κ1) is 18.2. The maximum Gasteiger partial charge on any atom is 0.256 e. The lowest BCUT2D eigenvalue weighted by Gasteiger charge is -2.25. The van der Waals surface area contributed by atoms with Gasteiger partial charge in [-0.3, -0.25) is 9.78 Å². The number of halogens is 1. The highest BCUT2D eigenvalue weighted by Crippen LogP contribution is 2.24. The van der Waals surface area contributed by atoms with Crippen LogP contribution >= 0.6 is 11.6 Å². The SMILES string of the molecule is O=C(NC1(Cl)C=CC=CC1)c1cccnc1NCc1ccnc2ccccc12. The first-order valence-corrected chi connectivity index (χ1v) is 9.40. The molecular formula is C22H19ClN4O. The van der Waals surface area contributed by atoms with E-state index in [0.29, 0.717) is 24.3 Å². The van der Waals surface area contributed by atoms with Gasteiger partial charge in [0.15, 0.2) is 0 Å². The molecule has 1 aliphatic carbocycles. The van der Waals surface area contributed by atoms with Crippen molar-refractivity contribution in [2.75, 3.05) is 5.32 Å². The lowest BCUT2D eigenvalue weighted by atomic mass is 10.1. The molecule has 1 amide bonds. The Balaban J connectivity index is 1.54. The number of para-hydroxylation sites is 1. The quantitative estimate of drug-likeness (QED) is 0.499. The summed E-state index contributed by atoms with van der Waals surface area (Å²) in [7, 11) is 0. The molecule has 0 fully saturated rings. The van der Waals surface area contributed by atoms with Crippen molar-refractivity contribution in [2.24, 2.45) is 0 Å². The van der Waals surface area contributed by atoms with E-state index in [9.17, 15) is 4.79 Å². The van der Waals surface area contributed by atoms with Gasteiger partial charge in [0.2, 0.25) is 0 Å². The van der Waals surface area contributed by atoms with E-state index in [1.54, 1.807) is 30.6 Å². The molecule has 4 rings (SSSR count). The molecule has 0 saturated heterocycles. The van der Waals surface area contributed by atoms with Crippen LogP contribution in [0.2, 0.25) is 0 Å². The van der Waals surface area contributed by atoms with Crippen molar-refractivity contribution in [2.45, 2.75) is 18.0 Å². The molecule has 28 heavy (non-hydrogen) atoms. The van der Waals surface area contributed by atoms with Crippen LogP contribution in [-0.4, -0.2) is 20.9 Å². The van der Waals surface area contributed by atoms with Gasteiger partial charge in [0.05, 0.1) is 11.1 Å². The van der Waals surface area contributed by atoms with Crippen LogP contribution in [0, 0.1) is 0 Å². The molecule has 0 spiro atoms. The van der Waals surface area contributed by atoms with Gasteiger partial charge in [-0.15, -0.1) is 0 Å². The van der Waals surface area contributed by atoms with E-state index in [1.165, 1.54) is 0 Å². The number of hydrogen-bond donors (Lipinski definition) is 2. The summed E-state index contributed by atoms with van der Waals surface area (Å²) in [6.07, 6.45) is 11.4. The highest BCUT2D eigenvalue weighted by atomic mass is 35.5. The van der Waals surface area contributed by atoms with Gasteiger partial charge in [-0.25, -0.2) is 4.98 Å². The summed E-state index contributed by atoms with van der Waals surface area (Å²) < 4.78 is 0. The number of carbonyl (C=O) groups excluding carboxylic acids is 1. The maximum atomic E-state index is 12.8. The third-order valence-corrected chi connectivity index (χ3v) is 4.96. The zero-order valence-electron chi connectivity index (χ0n) is 15.1. The minimum Gasteiger partial charge on any atom is -0.365 e. The zero-order valence-corrected chi connectivity index (χ0v) is 15.9. The molecule has 3 aromatic rings. The van der Waals surface area contributed by atoms with E-state index < -0.39 is 5.00 Å². The van der Waals surface area contributed by atoms with E-state index >= 15 is 0 Å². The van der Waals surface area contributed by atoms with E-state index in [-0.39, 0.29) is 5.91 Å². The molecule has 5 nitrogen and oxygen atoms in total. The standard InChI is InChI=1S/C22H19ClN4O/c23-22(11-4-1-5-12-22)27-21(28)18-8-6-13-25-20(18)26-15-16-10-14-24-19-9-3-2-7-17(16)19/h1-11,13-14H,12,15H2,(H,25,26)(H,27,28). The number of anilines is 1. The van der Waals surface area contributed by atoms with Crippen molar-refractivity contribution in [3.8, 4) is 0 Å². The number of rotatable bonds is 5. The summed E-state index contributed by atoms with van der Waals surface area (Å²) >= 11 is 6.49. The van der Waals surface area contributed by atoms with Gasteiger partial charge in [-0.05, 0) is 35.9 Å². The average molecular weight is 391 g/mol. The van der Waals surface area contributed by atoms with Crippen molar-refractivity contribution >= 4 is 34.2 Å². The smallest absolute Gasteiger partial charge is 0.256 e. The molecule has 1 aromatic carbocycles. The van der Waals surface area contributed by atoms with Gasteiger partial charge in [-0.1, -0.05) is 48.0 Å². The lowest BCUT2D eigenvalue weighted by molar-refractivity contribution is 0.0938. The summed E-state index contributed by atoms with van der Waals surface area (Å²) in [6, 6.07) is 13.4. The number of nitrogens with zero attached hydrogens (tertiary/aromatic N) is 2. The Hall–Kier alpha value is -3.18. The summed E-state index contributed by atoms with van der Waals surface area (Å²) in [6.45, 7) is 0.523. The molecule has 2 aromatic heterocycles. The molecule has 1 unspecified atom stereocenters. The molecule has 1 atom stereocenters. The number of fused-ring (bicyclic) bond motifs is 1. The third-order valence-electron chi connectivity index (χ3n) is 4.58. The Bertz CT molecular complexity index is 1070. The van der Waals surface area contributed by atoms with E-state index in [1.807, 2.05) is 48.6 Å². The van der Waals surface area contributed by atoms with E-state index in [4.69, 9.17) is 11.6 Å². The van der Waals surface area contributed by atoms with Gasteiger partial charge in [0.25, 0.3) is 5.91 Å². The highest BCUT2D eigenvalue weighted by molar-refractivity contribution is 6.26. The van der Waals surface area contributed by atoms with Gasteiger partial charge in [-0.2, -0.15) is 0 Å². The van der Waals surface area contributed by atoms with Crippen LogP contribution in [0.5, 0.6) is 0 Å². The summed E-state index contributed by atoms with van der Waals surface area (Å²) in [5, 5.41) is 7.22. The zero-order chi connectivity index (χ0) is 19.4. The largest absolute Gasteiger partial charge is 0.365 e. The van der Waals surface area contributed by atoms with Crippen molar-refractivity contribution in [3.63, 3.8) is 0 Å². The number of aromatic nitrogens is 2. The minimum atomic E-state index is -0.916. The second-order valence-electron chi connectivity index (χ2n) is 6.55. The molecular weight excluding hydrogens is 372 g/mol. The van der Waals surface area contributed by atoms with Gasteiger partial charge in [0.1, 0.15) is 10.8 Å². The Labute approximate surface area is 168 Å². The van der Waals surface area contributed by atoms with E-state index in [2.05, 4.69) is 20.6 Å². The van der Waals surface area contributed by atoms with Crippen LogP contribution in [0.3, 0.4) is 0 Å². The topological polar surface area (TPSA) is 66.9 Å². The van der Waals surface area contributed by atoms with Crippen molar-refractivity contribution < 1.29 is 4.79 Å². The van der Waals surface area contributed by atoms with Crippen LogP contribution in [0.15, 0.2) is 79.2 Å². The fraction of sp³-hybridized carbons (Fsp3) is 0.136. The van der Waals surface area contributed by atoms with Gasteiger partial charge < -0.3 is 10.6 Å². The Kier molecular flexibility index (Phi) is 5.08. The van der Waals surface area contributed by atoms with E-state index in [0.717, 1.165) is 16.5 Å². The Morgan fingerprint density at radius 3 is 2.82 bits per heavy atom. The monoisotopic (exact) mass is 390 g/mol. The molecule has 6 heteroatoms. The molecule has 0 bridgehead atoms. The van der Waals surface area contributed by atoms with Crippen molar-refractivity contribution in [1.82, 2.24) is 15.3 Å². The predicted octanol–water partition coefficient (Wildman–Crippen LogP) is 4.42. The Morgan fingerprint density at radius 1 is 1.07 bits per heavy atom. The van der Waals surface area contributed by atoms with Crippen molar-refractivity contribution in [3.05, 3.63) is 90.3 Å². The molecule has 1 aliphatic rings. The summed E-state index contributed by atoms with van der Waals surface area (Å²) in [5.41, 5.74) is 2.46. The van der Waals surface area contributed by atoms with Crippen LogP contribution in [0.25, 0.3) is 10.9 Å². The molecule has 140 valence electrons. The normalized spacial score (nSPS) is 18.2. The Morgan fingerprint density at radius 2 is 1.96 bits per heavy atom. The first-order chi connectivity index (χ1) is 13.6. The van der Waals surface area contributed by atoms with Crippen LogP contribution in [0.4, 0.5) is 5.82 Å². The number of alkyl halides is 1. The summed E-state index contributed by atoms with van der Waals surface area (Å²) in [4.78, 5) is 20.6. The van der Waals surface area contributed by atoms with Gasteiger partial charge >= 0.3 is 0 Å². The number of hydrogen-bond acceptors (Lipinski definition) is 4. The number of pyridine rings is 2. The highest BCUT2D eigenvalue weighted by Gasteiger charge is 2.27. The number of amides is 1. The first-order valence-electron chi connectivity index (χ1n) is 9.02. The second kappa shape index (κ2) is 7.82. The third kappa shape index (κ3) is 3.89. The number of carbonyl (C=O) groups is 1. The molecule has 0 aliphatic heterocycles. The number of nitrogens with one attached hydrogen (secondary N) is 2. The lowest BCUT2D eigenvalue weighted by Crippen LogP contribution is -2.42. The molecule has 2 heterocycles. The second-order valence-corrected chi connectivity index (χ2v) is 7.22. The summed E-state index contributed by atoms with van der Waals surface area (Å²) in [5.74, 6) is 0.238. The van der Waals surface area contributed by atoms with Crippen LogP contribution in [0.1, 0.15) is 22.3 Å². The van der Waals surface area contributed by atoms with Gasteiger partial charge in [0, 0.05) is 30.7 Å². The predicted molar refractivity (Wildman–Crippen MR) is 112 cm³/mol. The fourth-order valence-corrected chi connectivity index (χ4v) is 3.41. The number of allylic oxidation sites excluding steroid dienone is 2. The maximum absolute atomic E-state index is 12.8. The molecule has 0 saturated carbocycles. The molecule has 0 radical (unpaired) electrons. The molecule has 2 N–H and O–H groups in total.